The Morgan fingerprint density at radius 1 is 1.44 bits per heavy atom. The Balaban J connectivity index is 2.11. The fourth-order valence-electron chi connectivity index (χ4n) is 1.50. The molecule has 0 atom stereocenters. The number of aryl methyl sites for hydroxylation is 2. The molecule has 18 heavy (non-hydrogen) atoms. The van der Waals surface area contributed by atoms with Gasteiger partial charge in [-0.2, -0.15) is 9.37 Å². The molecule has 0 fully saturated rings. The molecule has 0 aromatic carbocycles. The van der Waals surface area contributed by atoms with Crippen LogP contribution < -0.4 is 10.1 Å². The smallest absolute Gasteiger partial charge is 0.255 e. The third kappa shape index (κ3) is 2.39. The molecule has 0 aliphatic carbocycles. The number of halogens is 1. The molecule has 0 spiro atoms. The number of aromatic nitrogens is 3. The van der Waals surface area contributed by atoms with Crippen molar-refractivity contribution in [3.63, 3.8) is 0 Å². The van der Waals surface area contributed by atoms with Gasteiger partial charge in [-0.05, 0) is 13.8 Å². The van der Waals surface area contributed by atoms with Crippen molar-refractivity contribution in [2.75, 3.05) is 12.4 Å². The molecule has 6 nitrogen and oxygen atoms in total. The molecule has 1 N–H and O–H groups in total. The Kier molecular flexibility index (Phi) is 3.40. The summed E-state index contributed by atoms with van der Waals surface area (Å²) >= 11 is 0. The van der Waals surface area contributed by atoms with E-state index in [2.05, 4.69) is 20.4 Å². The average Bonchev–Trinajstić information content (AvgIpc) is 2.68. The highest BCUT2D eigenvalue weighted by molar-refractivity contribution is 5.32. The number of hydrogen-bond donors (Lipinski definition) is 1. The summed E-state index contributed by atoms with van der Waals surface area (Å²) in [6.45, 7) is 4.12. The maximum Gasteiger partial charge on any atom is 0.255 e. The van der Waals surface area contributed by atoms with Crippen molar-refractivity contribution in [2.45, 2.75) is 20.4 Å². The molecule has 2 aromatic rings. The Hall–Kier alpha value is -2.18. The summed E-state index contributed by atoms with van der Waals surface area (Å²) in [6, 6.07) is 0. The van der Waals surface area contributed by atoms with Gasteiger partial charge in [-0.3, -0.25) is 0 Å². The van der Waals surface area contributed by atoms with Crippen LogP contribution in [0.4, 0.5) is 10.3 Å². The van der Waals surface area contributed by atoms with Gasteiger partial charge in [0, 0.05) is 12.1 Å². The number of methoxy groups -OCH3 is 1. The lowest BCUT2D eigenvalue weighted by molar-refractivity contribution is 0.367. The van der Waals surface area contributed by atoms with Crippen LogP contribution in [0.15, 0.2) is 10.7 Å². The zero-order chi connectivity index (χ0) is 13.1. The second-order valence-electron chi connectivity index (χ2n) is 3.71. The molecule has 2 aromatic heterocycles. The van der Waals surface area contributed by atoms with Crippen molar-refractivity contribution < 1.29 is 13.7 Å². The molecular weight excluding hydrogens is 239 g/mol. The number of hydrogen-bond acceptors (Lipinski definition) is 6. The second kappa shape index (κ2) is 4.99. The van der Waals surface area contributed by atoms with Crippen LogP contribution in [0.5, 0.6) is 5.88 Å². The van der Waals surface area contributed by atoms with Crippen molar-refractivity contribution in [1.29, 1.82) is 0 Å². The predicted molar refractivity (Wildman–Crippen MR) is 61.8 cm³/mol. The van der Waals surface area contributed by atoms with Crippen molar-refractivity contribution in [1.82, 2.24) is 15.1 Å². The van der Waals surface area contributed by atoms with Crippen LogP contribution in [-0.2, 0) is 6.54 Å². The number of ether oxygens (including phenoxy) is 1. The standard InChI is InChI=1S/C11H13FN4O2/c1-6-8(7(2)18-16-6)4-13-11-14-5-9(12)10(15-11)17-3/h5H,4H2,1-3H3,(H,13,14,15). The first-order chi connectivity index (χ1) is 8.61. The molecule has 2 heterocycles. The van der Waals surface area contributed by atoms with Gasteiger partial charge in [0.2, 0.25) is 11.8 Å². The summed E-state index contributed by atoms with van der Waals surface area (Å²) in [6.07, 6.45) is 1.06. The van der Waals surface area contributed by atoms with Gasteiger partial charge in [0.15, 0.2) is 0 Å². The fraction of sp³-hybridized carbons (Fsp3) is 0.364. The van der Waals surface area contributed by atoms with Crippen molar-refractivity contribution in [3.05, 3.63) is 29.0 Å². The van der Waals surface area contributed by atoms with E-state index in [-0.39, 0.29) is 11.8 Å². The highest BCUT2D eigenvalue weighted by Crippen LogP contribution is 2.16. The summed E-state index contributed by atoms with van der Waals surface area (Å²) in [5, 5.41) is 6.80. The number of nitrogens with one attached hydrogen (secondary N) is 1. The molecular formula is C11H13FN4O2. The summed E-state index contributed by atoms with van der Waals surface area (Å²) in [5.41, 5.74) is 1.73. The minimum absolute atomic E-state index is 0.0914. The lowest BCUT2D eigenvalue weighted by Gasteiger charge is -2.06. The summed E-state index contributed by atoms with van der Waals surface area (Å²) in [4.78, 5) is 7.70. The highest BCUT2D eigenvalue weighted by Gasteiger charge is 2.10. The first-order valence-corrected chi connectivity index (χ1v) is 5.34. The normalized spacial score (nSPS) is 10.4. The third-order valence-corrected chi connectivity index (χ3v) is 2.51. The van der Waals surface area contributed by atoms with Crippen LogP contribution >= 0.6 is 0 Å². The Labute approximate surface area is 103 Å². The van der Waals surface area contributed by atoms with Gasteiger partial charge in [0.25, 0.3) is 5.88 Å². The predicted octanol–water partition coefficient (Wildman–Crippen LogP) is 1.84. The molecule has 96 valence electrons. The molecule has 2 rings (SSSR count). The summed E-state index contributed by atoms with van der Waals surface area (Å²) < 4.78 is 22.9. The molecule has 7 heteroatoms. The summed E-state index contributed by atoms with van der Waals surface area (Å²) in [7, 11) is 1.35. The fourth-order valence-corrected chi connectivity index (χ4v) is 1.50. The van der Waals surface area contributed by atoms with Crippen LogP contribution in [-0.4, -0.2) is 22.2 Å². The topological polar surface area (TPSA) is 73.1 Å². The highest BCUT2D eigenvalue weighted by atomic mass is 19.1. The zero-order valence-electron chi connectivity index (χ0n) is 10.3. The maximum absolute atomic E-state index is 13.1. The number of nitrogens with zero attached hydrogens (tertiary/aromatic N) is 3. The molecule has 0 radical (unpaired) electrons. The van der Waals surface area contributed by atoms with E-state index in [9.17, 15) is 4.39 Å². The van der Waals surface area contributed by atoms with Crippen LogP contribution in [0.25, 0.3) is 0 Å². The van der Waals surface area contributed by atoms with Gasteiger partial charge in [-0.1, -0.05) is 5.16 Å². The second-order valence-corrected chi connectivity index (χ2v) is 3.71. The molecule has 0 unspecified atom stereocenters. The van der Waals surface area contributed by atoms with E-state index in [0.717, 1.165) is 23.2 Å². The Morgan fingerprint density at radius 2 is 2.22 bits per heavy atom. The lowest BCUT2D eigenvalue weighted by atomic mass is 10.2. The van der Waals surface area contributed by atoms with Gasteiger partial charge < -0.3 is 14.6 Å². The number of anilines is 1. The molecule has 0 bridgehead atoms. The quantitative estimate of drug-likeness (QED) is 0.895. The van der Waals surface area contributed by atoms with Gasteiger partial charge in [0.1, 0.15) is 5.76 Å². The molecule has 0 aliphatic rings. The van der Waals surface area contributed by atoms with Crippen LogP contribution in [0.1, 0.15) is 17.0 Å². The molecule has 0 saturated carbocycles. The molecule has 0 amide bonds. The third-order valence-electron chi connectivity index (χ3n) is 2.51. The van der Waals surface area contributed by atoms with Crippen molar-refractivity contribution in [2.24, 2.45) is 0 Å². The first kappa shape index (κ1) is 12.3. The van der Waals surface area contributed by atoms with E-state index in [0.29, 0.717) is 6.54 Å². The van der Waals surface area contributed by atoms with Gasteiger partial charge in [0.05, 0.1) is 19.0 Å². The molecule has 0 aliphatic heterocycles. The number of rotatable bonds is 4. The summed E-state index contributed by atoms with van der Waals surface area (Å²) in [5.74, 6) is 0.328. The van der Waals surface area contributed by atoms with Crippen LogP contribution in [0, 0.1) is 19.7 Å². The zero-order valence-corrected chi connectivity index (χ0v) is 10.3. The average molecular weight is 252 g/mol. The minimum atomic E-state index is -0.597. The van der Waals surface area contributed by atoms with Crippen LogP contribution in [0.3, 0.4) is 0 Å². The minimum Gasteiger partial charge on any atom is -0.479 e. The van der Waals surface area contributed by atoms with Gasteiger partial charge in [-0.15, -0.1) is 0 Å². The largest absolute Gasteiger partial charge is 0.479 e. The Bertz CT molecular complexity index is 536. The Morgan fingerprint density at radius 3 is 2.83 bits per heavy atom. The van der Waals surface area contributed by atoms with E-state index in [4.69, 9.17) is 9.26 Å². The van der Waals surface area contributed by atoms with Gasteiger partial charge >= 0.3 is 0 Å². The SMILES string of the molecule is COc1nc(NCc2c(C)noc2C)ncc1F. The first-order valence-electron chi connectivity index (χ1n) is 5.34. The lowest BCUT2D eigenvalue weighted by Crippen LogP contribution is -2.06. The van der Waals surface area contributed by atoms with Crippen LogP contribution in [0.2, 0.25) is 0 Å². The van der Waals surface area contributed by atoms with Crippen molar-refractivity contribution in [3.8, 4) is 5.88 Å². The van der Waals surface area contributed by atoms with E-state index in [1.165, 1.54) is 7.11 Å². The monoisotopic (exact) mass is 252 g/mol. The maximum atomic E-state index is 13.1. The van der Waals surface area contributed by atoms with E-state index >= 15 is 0 Å². The van der Waals surface area contributed by atoms with E-state index in [1.54, 1.807) is 0 Å². The van der Waals surface area contributed by atoms with Crippen molar-refractivity contribution >= 4 is 5.95 Å². The van der Waals surface area contributed by atoms with Gasteiger partial charge in [-0.25, -0.2) is 4.98 Å². The van der Waals surface area contributed by atoms with E-state index in [1.807, 2.05) is 13.8 Å². The van der Waals surface area contributed by atoms with E-state index < -0.39 is 5.82 Å². The molecule has 0 saturated heterocycles.